The van der Waals surface area contributed by atoms with Gasteiger partial charge in [-0.3, -0.25) is 0 Å². The first-order chi connectivity index (χ1) is 34.4. The fourth-order valence-corrected chi connectivity index (χ4v) is 7.17. The summed E-state index contributed by atoms with van der Waals surface area (Å²) in [4.78, 5) is 25.1. The minimum absolute atomic E-state index is 0.0364. The van der Waals surface area contributed by atoms with Gasteiger partial charge in [0.15, 0.2) is 0 Å². The molecule has 0 aliphatic carbocycles. The van der Waals surface area contributed by atoms with Crippen LogP contribution < -0.4 is 30.4 Å². The molecule has 0 radical (unpaired) electrons. The van der Waals surface area contributed by atoms with Crippen LogP contribution in [0.2, 0.25) is 0 Å². The number of carboxylic acids is 1. The molecule has 392 valence electrons. The normalized spacial score (nSPS) is 12.9. The fourth-order valence-electron chi connectivity index (χ4n) is 7.17. The Morgan fingerprint density at radius 1 is 0.575 bits per heavy atom. The number of hydrogen-bond donors (Lipinski definition) is 3. The number of carbonyl (C=O) groups excluding carboxylic acids is 1. The van der Waals surface area contributed by atoms with E-state index in [-0.39, 0.29) is 79.8 Å². The van der Waals surface area contributed by atoms with Crippen LogP contribution >= 0.6 is 0 Å². The molecule has 73 heavy (non-hydrogen) atoms. The van der Waals surface area contributed by atoms with Crippen LogP contribution in [-0.2, 0) is 26.5 Å². The van der Waals surface area contributed by atoms with E-state index >= 15 is 17.6 Å². The molecule has 5 aromatic rings. The van der Waals surface area contributed by atoms with Gasteiger partial charge in [-0.05, 0) is 158 Å². The number of ether oxygens (including phenoxy) is 5. The number of halogens is 10. The van der Waals surface area contributed by atoms with Gasteiger partial charge in [0, 0.05) is 42.3 Å². The number of aliphatic carboxylic acids is 1. The van der Waals surface area contributed by atoms with Gasteiger partial charge in [0.25, 0.3) is 0 Å². The number of unbranched alkanes of at least 4 members (excludes halogenated alkanes) is 4. The molecule has 10 nitrogen and oxygen atoms in total. The Morgan fingerprint density at radius 2 is 1.04 bits per heavy atom. The van der Waals surface area contributed by atoms with Gasteiger partial charge in [0.2, 0.25) is 0 Å². The third-order valence-electron chi connectivity index (χ3n) is 10.9. The van der Waals surface area contributed by atoms with Gasteiger partial charge in [-0.15, -0.1) is 0 Å². The number of alkyl halides is 10. The highest BCUT2D eigenvalue weighted by Gasteiger charge is 2.36. The maximum absolute atomic E-state index is 15.3. The summed E-state index contributed by atoms with van der Waals surface area (Å²) in [5.74, 6) is -2.90. The molecule has 0 aliphatic heterocycles. The van der Waals surface area contributed by atoms with Crippen LogP contribution in [-0.4, -0.2) is 49.2 Å². The standard InChI is InChI=1S/C53H52F10N2O8/c54-50(55,56)27-3-1-5-29-69-42-21-12-39(13-22-42)52(60,61)72-44-17-7-35(8-18-44)9-26-49(68)71-34-38(46-25-16-41(64)33-47(46)65)31-37(32-48(66)67)36-10-19-45(20-11-36)73-53(62,63)40-14-23-43(24-15-40)70-30-6-2-4-28-51(57,58)59/h7-26,32-33,38H,1-6,27-31,34,64-65H2,(H,66,67)/b26-9+,37-32+. The predicted molar refractivity (Wildman–Crippen MR) is 253 cm³/mol. The molecule has 1 unspecified atom stereocenters. The average molecular weight is 1030 g/mol. The van der Waals surface area contributed by atoms with E-state index in [0.29, 0.717) is 41.6 Å². The van der Waals surface area contributed by atoms with Crippen molar-refractivity contribution in [2.45, 2.75) is 88.3 Å². The topological polar surface area (TPSA) is 153 Å². The van der Waals surface area contributed by atoms with Gasteiger partial charge < -0.3 is 40.3 Å². The molecule has 0 aliphatic rings. The molecule has 1 atom stereocenters. The number of carboxylic acid groups (broad SMARTS) is 1. The summed E-state index contributed by atoms with van der Waals surface area (Å²) in [6.07, 6.45) is -13.4. The van der Waals surface area contributed by atoms with Crippen LogP contribution in [0.15, 0.2) is 127 Å². The van der Waals surface area contributed by atoms with Gasteiger partial charge in [-0.1, -0.05) is 30.3 Å². The molecule has 20 heteroatoms. The van der Waals surface area contributed by atoms with Gasteiger partial charge in [-0.25, -0.2) is 9.59 Å². The minimum atomic E-state index is -4.24. The Morgan fingerprint density at radius 3 is 1.49 bits per heavy atom. The zero-order chi connectivity index (χ0) is 53.2. The first kappa shape index (κ1) is 56.5. The molecule has 0 amide bonds. The third-order valence-corrected chi connectivity index (χ3v) is 10.9. The van der Waals surface area contributed by atoms with Crippen molar-refractivity contribution in [2.24, 2.45) is 0 Å². The molecule has 0 spiro atoms. The van der Waals surface area contributed by atoms with Crippen molar-refractivity contribution >= 4 is 35.0 Å². The summed E-state index contributed by atoms with van der Waals surface area (Å²) in [6, 6.07) is 24.7. The number of nitrogen functional groups attached to an aromatic ring is 2. The largest absolute Gasteiger partial charge is 0.494 e. The molecule has 5 N–H and O–H groups in total. The maximum atomic E-state index is 15.3. The van der Waals surface area contributed by atoms with Crippen molar-refractivity contribution in [3.05, 3.63) is 155 Å². The SMILES string of the molecule is Nc1ccc(C(COC(=O)/C=C/c2ccc(OC(F)(F)c3ccc(OCCCCCC(F)(F)F)cc3)cc2)C/C(=C\C(=O)O)c2ccc(OC(F)(F)c3ccc(OCCCCCC(F)(F)F)cc3)cc2)c(N)c1. The lowest BCUT2D eigenvalue weighted by Crippen LogP contribution is -2.21. The smallest absolute Gasteiger partial charge is 0.426 e. The third kappa shape index (κ3) is 19.6. The van der Waals surface area contributed by atoms with Gasteiger partial charge in [-0.2, -0.15) is 43.9 Å². The van der Waals surface area contributed by atoms with Crippen LogP contribution in [0.25, 0.3) is 11.6 Å². The molecule has 0 saturated carbocycles. The number of rotatable bonds is 27. The van der Waals surface area contributed by atoms with E-state index in [4.69, 9.17) is 35.2 Å². The highest BCUT2D eigenvalue weighted by Crippen LogP contribution is 2.37. The van der Waals surface area contributed by atoms with E-state index in [9.17, 15) is 41.0 Å². The second-order valence-corrected chi connectivity index (χ2v) is 16.7. The Bertz CT molecular complexity index is 2600. The van der Waals surface area contributed by atoms with E-state index in [0.717, 1.165) is 36.4 Å². The average Bonchev–Trinajstić information content (AvgIpc) is 3.31. The molecule has 0 aromatic heterocycles. The minimum Gasteiger partial charge on any atom is -0.494 e. The molecule has 0 saturated heterocycles. The summed E-state index contributed by atoms with van der Waals surface area (Å²) < 4.78 is 161. The van der Waals surface area contributed by atoms with Crippen molar-refractivity contribution < 1.29 is 82.3 Å². The van der Waals surface area contributed by atoms with Crippen LogP contribution in [0.3, 0.4) is 0 Å². The summed E-state index contributed by atoms with van der Waals surface area (Å²) >= 11 is 0. The van der Waals surface area contributed by atoms with Gasteiger partial charge in [0.1, 0.15) is 23.0 Å². The lowest BCUT2D eigenvalue weighted by atomic mass is 9.88. The van der Waals surface area contributed by atoms with E-state index in [1.807, 2.05) is 0 Å². The number of hydrogen-bond acceptors (Lipinski definition) is 9. The Kier molecular flexibility index (Phi) is 20.0. The summed E-state index contributed by atoms with van der Waals surface area (Å²) in [5.41, 5.74) is 13.1. The van der Waals surface area contributed by atoms with E-state index in [1.54, 1.807) is 12.1 Å². The number of benzene rings is 5. The first-order valence-electron chi connectivity index (χ1n) is 22.8. The first-order valence-corrected chi connectivity index (χ1v) is 22.8. The van der Waals surface area contributed by atoms with E-state index in [1.165, 1.54) is 84.9 Å². The molecular formula is C53H52F10N2O8. The highest BCUT2D eigenvalue weighted by atomic mass is 19.4. The van der Waals surface area contributed by atoms with Gasteiger partial charge in [0.05, 0.1) is 30.9 Å². The molecule has 5 rings (SSSR count). The number of carbonyl (C=O) groups is 2. The van der Waals surface area contributed by atoms with Crippen molar-refractivity contribution in [3.8, 4) is 23.0 Å². The van der Waals surface area contributed by atoms with Crippen LogP contribution in [0.4, 0.5) is 55.3 Å². The number of anilines is 2. The van der Waals surface area contributed by atoms with Crippen molar-refractivity contribution in [3.63, 3.8) is 0 Å². The Hall–Kier alpha value is -7.38. The maximum Gasteiger partial charge on any atom is 0.426 e. The number of nitrogens with two attached hydrogens (primary N) is 2. The number of allylic oxidation sites excluding steroid dienone is 1. The second-order valence-electron chi connectivity index (χ2n) is 16.7. The lowest BCUT2D eigenvalue weighted by Gasteiger charge is -2.22. The zero-order valence-electron chi connectivity index (χ0n) is 39.0. The zero-order valence-corrected chi connectivity index (χ0v) is 39.0. The van der Waals surface area contributed by atoms with Crippen LogP contribution in [0, 0.1) is 0 Å². The second kappa shape index (κ2) is 25.8. The number of esters is 1. The van der Waals surface area contributed by atoms with Crippen molar-refractivity contribution in [1.82, 2.24) is 0 Å². The molecule has 0 fully saturated rings. The Labute approximate surface area is 414 Å². The van der Waals surface area contributed by atoms with Crippen molar-refractivity contribution in [2.75, 3.05) is 31.3 Å². The van der Waals surface area contributed by atoms with Crippen LogP contribution in [0.1, 0.15) is 91.5 Å². The predicted octanol–water partition coefficient (Wildman–Crippen LogP) is 14.0. The van der Waals surface area contributed by atoms with Crippen molar-refractivity contribution in [1.29, 1.82) is 0 Å². The summed E-state index contributed by atoms with van der Waals surface area (Å²) in [7, 11) is 0. The Balaban J connectivity index is 1.17. The van der Waals surface area contributed by atoms with Crippen LogP contribution in [0.5, 0.6) is 23.0 Å². The lowest BCUT2D eigenvalue weighted by molar-refractivity contribution is -0.186. The highest BCUT2D eigenvalue weighted by molar-refractivity contribution is 5.90. The molecular weight excluding hydrogens is 983 g/mol. The molecule has 0 heterocycles. The monoisotopic (exact) mass is 1030 g/mol. The van der Waals surface area contributed by atoms with E-state index in [2.05, 4.69) is 0 Å². The summed E-state index contributed by atoms with van der Waals surface area (Å²) in [5, 5.41) is 9.82. The summed E-state index contributed by atoms with van der Waals surface area (Å²) in [6.45, 7) is -0.107. The van der Waals surface area contributed by atoms with Gasteiger partial charge >= 0.3 is 36.5 Å². The fraction of sp³-hybridized carbons (Fsp3) is 0.321. The molecule has 0 bridgehead atoms. The van der Waals surface area contributed by atoms with E-state index < -0.39 is 66.4 Å². The quantitative estimate of drug-likeness (QED) is 0.0152. The molecule has 5 aromatic carbocycles.